The third-order valence-corrected chi connectivity index (χ3v) is 3.58. The van der Waals surface area contributed by atoms with E-state index >= 15 is 0 Å². The van der Waals surface area contributed by atoms with Crippen molar-refractivity contribution < 1.29 is 19.7 Å². The van der Waals surface area contributed by atoms with Gasteiger partial charge in [0, 0.05) is 25.4 Å². The van der Waals surface area contributed by atoms with Crippen LogP contribution >= 0.6 is 0 Å². The van der Waals surface area contributed by atoms with E-state index in [1.54, 1.807) is 13.2 Å². The fourth-order valence-electron chi connectivity index (χ4n) is 2.04. The molecule has 0 radical (unpaired) electrons. The number of aromatic nitrogens is 1. The molecular formula is C21H33N3O5. The lowest BCUT2D eigenvalue weighted by Gasteiger charge is -1.98. The maximum Gasteiger partial charge on any atom is 0.404 e. The minimum absolute atomic E-state index is 0.0648. The molecule has 5 N–H and O–H groups in total. The van der Waals surface area contributed by atoms with Crippen LogP contribution in [0.15, 0.2) is 47.4 Å². The first-order chi connectivity index (χ1) is 13.9. The number of pyridine rings is 1. The number of H-pyrrole nitrogens is 1. The predicted octanol–water partition coefficient (Wildman–Crippen LogP) is 2.51. The molecule has 2 heterocycles. The molecule has 1 aromatic carbocycles. The summed E-state index contributed by atoms with van der Waals surface area (Å²) >= 11 is 0. The Balaban J connectivity index is 0.000000407. The molecule has 2 aromatic rings. The van der Waals surface area contributed by atoms with Crippen LogP contribution in [0.3, 0.4) is 0 Å². The molecule has 1 amide bonds. The van der Waals surface area contributed by atoms with Gasteiger partial charge in [0.2, 0.25) is 5.56 Å². The molecule has 29 heavy (non-hydrogen) atoms. The maximum absolute atomic E-state index is 10.6. The molecule has 3 rings (SSSR count). The number of aliphatic hydroxyl groups excluding tert-OH is 1. The molecule has 0 saturated carbocycles. The molecule has 1 aliphatic heterocycles. The number of nitrogens with one attached hydrogen (secondary N) is 3. The Morgan fingerprint density at radius 3 is 2.24 bits per heavy atom. The highest BCUT2D eigenvalue weighted by Crippen LogP contribution is 2.09. The number of amides is 1. The summed E-state index contributed by atoms with van der Waals surface area (Å²) < 4.78 is 4.97. The highest BCUT2D eigenvalue weighted by molar-refractivity contribution is 5.64. The first kappa shape index (κ1) is 26.2. The summed E-state index contributed by atoms with van der Waals surface area (Å²) in [6.07, 6.45) is 1.25. The van der Waals surface area contributed by atoms with Crippen LogP contribution in [0.2, 0.25) is 0 Å². The van der Waals surface area contributed by atoms with Crippen molar-refractivity contribution in [2.45, 2.75) is 39.8 Å². The number of ether oxygens (including phenoxy) is 1. The van der Waals surface area contributed by atoms with Crippen LogP contribution in [0.1, 0.15) is 31.4 Å². The Hall–Kier alpha value is -2.84. The summed E-state index contributed by atoms with van der Waals surface area (Å²) in [5.74, 6) is 0.917. The summed E-state index contributed by atoms with van der Waals surface area (Å²) in [5.41, 5.74) is 1.78. The van der Waals surface area contributed by atoms with Crippen LogP contribution < -0.4 is 20.9 Å². The third kappa shape index (κ3) is 13.9. The minimum Gasteiger partial charge on any atom is -0.497 e. The third-order valence-electron chi connectivity index (χ3n) is 3.58. The van der Waals surface area contributed by atoms with Gasteiger partial charge in [-0.15, -0.1) is 0 Å². The second-order valence-electron chi connectivity index (χ2n) is 5.88. The second kappa shape index (κ2) is 16.1. The van der Waals surface area contributed by atoms with Crippen molar-refractivity contribution in [3.05, 3.63) is 64.1 Å². The summed E-state index contributed by atoms with van der Waals surface area (Å²) in [4.78, 5) is 23.1. The molecule has 0 spiro atoms. The van der Waals surface area contributed by atoms with Crippen molar-refractivity contribution in [2.24, 2.45) is 0 Å². The van der Waals surface area contributed by atoms with Gasteiger partial charge in [-0.3, -0.25) is 4.79 Å². The Morgan fingerprint density at radius 1 is 1.21 bits per heavy atom. The number of methoxy groups -OCH3 is 1. The lowest BCUT2D eigenvalue weighted by Crippen LogP contribution is -2.20. The molecule has 8 nitrogen and oxygen atoms in total. The first-order valence-electron chi connectivity index (χ1n) is 9.54. The van der Waals surface area contributed by atoms with E-state index in [1.165, 1.54) is 17.8 Å². The zero-order valence-electron chi connectivity index (χ0n) is 17.6. The lowest BCUT2D eigenvalue weighted by atomic mass is 10.2. The normalized spacial score (nSPS) is 14.0. The van der Waals surface area contributed by atoms with Crippen molar-refractivity contribution in [3.8, 4) is 5.75 Å². The number of aliphatic hydroxyl groups is 1. The number of aromatic amines is 1. The molecule has 1 aliphatic rings. The van der Waals surface area contributed by atoms with E-state index in [0.717, 1.165) is 30.8 Å². The van der Waals surface area contributed by atoms with Gasteiger partial charge in [-0.2, -0.15) is 0 Å². The second-order valence-corrected chi connectivity index (χ2v) is 5.88. The SMILES string of the molecule is CC.COc1ccc(C)cc1.O=C(O)NCc1ccc(=O)[nH]c1.OC1CCNC1. The van der Waals surface area contributed by atoms with Gasteiger partial charge in [-0.05, 0) is 37.6 Å². The molecule has 1 saturated heterocycles. The first-order valence-corrected chi connectivity index (χ1v) is 9.54. The topological polar surface area (TPSA) is 124 Å². The van der Waals surface area contributed by atoms with Crippen molar-refractivity contribution in [2.75, 3.05) is 20.2 Å². The van der Waals surface area contributed by atoms with E-state index in [1.807, 2.05) is 38.1 Å². The van der Waals surface area contributed by atoms with Crippen LogP contribution in [0, 0.1) is 6.92 Å². The largest absolute Gasteiger partial charge is 0.497 e. The molecule has 0 aliphatic carbocycles. The van der Waals surface area contributed by atoms with E-state index < -0.39 is 6.09 Å². The molecule has 1 aromatic heterocycles. The maximum atomic E-state index is 10.6. The fourth-order valence-corrected chi connectivity index (χ4v) is 2.04. The summed E-state index contributed by atoms with van der Waals surface area (Å²) in [7, 11) is 1.67. The molecule has 8 heteroatoms. The van der Waals surface area contributed by atoms with Gasteiger partial charge < -0.3 is 30.6 Å². The number of aryl methyl sites for hydroxylation is 1. The van der Waals surface area contributed by atoms with Gasteiger partial charge >= 0.3 is 6.09 Å². The summed E-state index contributed by atoms with van der Waals surface area (Å²) in [6.45, 7) is 8.03. The van der Waals surface area contributed by atoms with E-state index in [2.05, 4.69) is 22.5 Å². The molecule has 0 bridgehead atoms. The molecule has 162 valence electrons. The Morgan fingerprint density at radius 2 is 1.86 bits per heavy atom. The van der Waals surface area contributed by atoms with Crippen molar-refractivity contribution in [3.63, 3.8) is 0 Å². The predicted molar refractivity (Wildman–Crippen MR) is 114 cm³/mol. The van der Waals surface area contributed by atoms with Crippen LogP contribution in [-0.2, 0) is 6.54 Å². The lowest BCUT2D eigenvalue weighted by molar-refractivity contribution is 0.193. The zero-order valence-corrected chi connectivity index (χ0v) is 17.6. The molecular weight excluding hydrogens is 374 g/mol. The standard InChI is InChI=1S/C8H10O.C7H8N2O3.C4H9NO.C2H6/c1-7-3-5-8(9-2)6-4-7;10-6-2-1-5(3-8-6)4-9-7(11)12;6-4-1-2-5-3-4;1-2/h3-6H,1-2H3;1-3,9H,4H2,(H,8,10)(H,11,12);4-6H,1-3H2;1-2H3. The minimum atomic E-state index is -1.08. The van der Waals surface area contributed by atoms with Gasteiger partial charge in [-0.1, -0.05) is 37.6 Å². The van der Waals surface area contributed by atoms with Crippen LogP contribution in [-0.4, -0.2) is 47.6 Å². The highest BCUT2D eigenvalue weighted by atomic mass is 16.5. The number of rotatable bonds is 3. The van der Waals surface area contributed by atoms with Crippen molar-refractivity contribution >= 4 is 6.09 Å². The Labute approximate surface area is 171 Å². The molecule has 1 unspecified atom stereocenters. The van der Waals surface area contributed by atoms with E-state index in [-0.39, 0.29) is 18.2 Å². The van der Waals surface area contributed by atoms with Crippen LogP contribution in [0.4, 0.5) is 4.79 Å². The molecule has 1 fully saturated rings. The van der Waals surface area contributed by atoms with Gasteiger partial charge in [0.05, 0.1) is 13.2 Å². The van der Waals surface area contributed by atoms with Crippen LogP contribution in [0.5, 0.6) is 5.75 Å². The number of hydrogen-bond donors (Lipinski definition) is 5. The zero-order chi connectivity index (χ0) is 22.1. The summed E-state index contributed by atoms with van der Waals surface area (Å²) in [5, 5.41) is 22.1. The smallest absolute Gasteiger partial charge is 0.404 e. The van der Waals surface area contributed by atoms with Gasteiger partial charge in [0.25, 0.3) is 0 Å². The highest BCUT2D eigenvalue weighted by Gasteiger charge is 2.08. The fraction of sp³-hybridized carbons (Fsp3) is 0.429. The Kier molecular flexibility index (Phi) is 14.6. The van der Waals surface area contributed by atoms with E-state index in [9.17, 15) is 9.59 Å². The number of benzene rings is 1. The van der Waals surface area contributed by atoms with Gasteiger partial charge in [-0.25, -0.2) is 4.79 Å². The van der Waals surface area contributed by atoms with Gasteiger partial charge in [0.1, 0.15) is 5.75 Å². The van der Waals surface area contributed by atoms with Crippen LogP contribution in [0.25, 0.3) is 0 Å². The van der Waals surface area contributed by atoms with Crippen molar-refractivity contribution in [1.82, 2.24) is 15.6 Å². The average molecular weight is 408 g/mol. The Bertz CT molecular complexity index is 705. The number of β-amino-alcohol motifs (C(OH)–C–C–N with tert-alkyl or cyclic N) is 1. The van der Waals surface area contributed by atoms with E-state index in [4.69, 9.17) is 14.9 Å². The van der Waals surface area contributed by atoms with Crippen molar-refractivity contribution in [1.29, 1.82) is 0 Å². The van der Waals surface area contributed by atoms with Gasteiger partial charge in [0.15, 0.2) is 0 Å². The number of carbonyl (C=O) groups is 1. The summed E-state index contributed by atoms with van der Waals surface area (Å²) in [6, 6.07) is 10.9. The monoisotopic (exact) mass is 407 g/mol. The quantitative estimate of drug-likeness (QED) is 0.533. The molecule has 1 atom stereocenters. The van der Waals surface area contributed by atoms with E-state index in [0.29, 0.717) is 0 Å². The average Bonchev–Trinajstić information content (AvgIpc) is 3.21. The number of carboxylic acid groups (broad SMARTS) is 1. The number of hydrogen-bond acceptors (Lipinski definition) is 5.